The van der Waals surface area contributed by atoms with E-state index in [-0.39, 0.29) is 34.5 Å². The van der Waals surface area contributed by atoms with E-state index in [4.69, 9.17) is 0 Å². The van der Waals surface area contributed by atoms with E-state index in [1.54, 1.807) is 18.2 Å². The van der Waals surface area contributed by atoms with Crippen molar-refractivity contribution in [3.05, 3.63) is 59.2 Å². The number of hydrogen-bond acceptors (Lipinski definition) is 3. The Morgan fingerprint density at radius 3 is 2.19 bits per heavy atom. The van der Waals surface area contributed by atoms with E-state index < -0.39 is 11.9 Å². The van der Waals surface area contributed by atoms with Gasteiger partial charge in [0, 0.05) is 12.6 Å². The van der Waals surface area contributed by atoms with E-state index in [9.17, 15) is 19.5 Å². The van der Waals surface area contributed by atoms with Crippen molar-refractivity contribution in [1.29, 1.82) is 0 Å². The Labute approximate surface area is 183 Å². The van der Waals surface area contributed by atoms with Crippen LogP contribution in [-0.2, 0) is 20.4 Å². The van der Waals surface area contributed by atoms with Crippen LogP contribution in [0.4, 0.5) is 11.4 Å². The number of para-hydroxylation sites is 1. The molecule has 1 aliphatic carbocycles. The molecular weight excluding hydrogens is 392 g/mol. The van der Waals surface area contributed by atoms with Crippen molar-refractivity contribution in [2.75, 3.05) is 11.4 Å². The maximum atomic E-state index is 13.2. The number of carbonyl (C=O) groups is 3. The SMILES string of the molecule is CC(=O)NCC(=O)N(c1ccc2c(c1)C(C)(C)CCC2(C)C)c1ccccc1C(=O)O. The van der Waals surface area contributed by atoms with Crippen LogP contribution in [-0.4, -0.2) is 29.4 Å². The highest BCUT2D eigenvalue weighted by Gasteiger charge is 2.37. The summed E-state index contributed by atoms with van der Waals surface area (Å²) in [5.74, 6) is -1.85. The lowest BCUT2D eigenvalue weighted by atomic mass is 9.63. The second kappa shape index (κ2) is 8.17. The number of carboxylic acids is 1. The van der Waals surface area contributed by atoms with Gasteiger partial charge in [0.25, 0.3) is 5.91 Å². The molecule has 0 saturated heterocycles. The molecule has 0 spiro atoms. The highest BCUT2D eigenvalue weighted by molar-refractivity contribution is 6.07. The number of carbonyl (C=O) groups excluding carboxylic acids is 2. The minimum Gasteiger partial charge on any atom is -0.478 e. The Bertz CT molecular complexity index is 1040. The maximum Gasteiger partial charge on any atom is 0.337 e. The van der Waals surface area contributed by atoms with Crippen molar-refractivity contribution in [1.82, 2.24) is 5.32 Å². The zero-order chi connectivity index (χ0) is 23.0. The molecule has 0 bridgehead atoms. The van der Waals surface area contributed by atoms with Crippen LogP contribution >= 0.6 is 0 Å². The molecule has 0 fully saturated rings. The van der Waals surface area contributed by atoms with Crippen LogP contribution in [0.1, 0.15) is 68.9 Å². The van der Waals surface area contributed by atoms with Crippen LogP contribution in [0.25, 0.3) is 0 Å². The number of hydrogen-bond donors (Lipinski definition) is 2. The van der Waals surface area contributed by atoms with Crippen molar-refractivity contribution in [2.45, 2.75) is 58.3 Å². The Balaban J connectivity index is 2.18. The van der Waals surface area contributed by atoms with Gasteiger partial charge in [0.2, 0.25) is 5.91 Å². The number of rotatable bonds is 5. The number of benzene rings is 2. The van der Waals surface area contributed by atoms with Crippen LogP contribution in [0.15, 0.2) is 42.5 Å². The zero-order valence-electron chi connectivity index (χ0n) is 18.8. The average Bonchev–Trinajstić information content (AvgIpc) is 2.70. The Morgan fingerprint density at radius 2 is 1.58 bits per heavy atom. The summed E-state index contributed by atoms with van der Waals surface area (Å²) in [5, 5.41) is 12.2. The Morgan fingerprint density at radius 1 is 0.968 bits per heavy atom. The minimum atomic E-state index is -1.12. The molecule has 0 atom stereocenters. The topological polar surface area (TPSA) is 86.7 Å². The summed E-state index contributed by atoms with van der Waals surface area (Å²) in [6, 6.07) is 12.3. The number of aromatic carboxylic acids is 1. The summed E-state index contributed by atoms with van der Waals surface area (Å²) in [5.41, 5.74) is 3.25. The molecule has 31 heavy (non-hydrogen) atoms. The molecule has 2 aromatic carbocycles. The summed E-state index contributed by atoms with van der Waals surface area (Å²) in [6.45, 7) is 9.95. The second-order valence-corrected chi connectivity index (χ2v) is 9.46. The molecule has 0 heterocycles. The quantitative estimate of drug-likeness (QED) is 0.741. The molecule has 6 nitrogen and oxygen atoms in total. The maximum absolute atomic E-state index is 13.2. The van der Waals surface area contributed by atoms with Gasteiger partial charge in [-0.3, -0.25) is 14.5 Å². The van der Waals surface area contributed by atoms with E-state index >= 15 is 0 Å². The second-order valence-electron chi connectivity index (χ2n) is 9.46. The fourth-order valence-electron chi connectivity index (χ4n) is 4.26. The number of fused-ring (bicyclic) bond motifs is 1. The van der Waals surface area contributed by atoms with Crippen LogP contribution in [0, 0.1) is 0 Å². The number of carboxylic acid groups (broad SMARTS) is 1. The van der Waals surface area contributed by atoms with Crippen LogP contribution in [0.3, 0.4) is 0 Å². The highest BCUT2D eigenvalue weighted by atomic mass is 16.4. The van der Waals surface area contributed by atoms with Gasteiger partial charge in [-0.2, -0.15) is 0 Å². The fourth-order valence-corrected chi connectivity index (χ4v) is 4.26. The molecular formula is C25H30N2O4. The van der Waals surface area contributed by atoms with Crippen LogP contribution in [0.2, 0.25) is 0 Å². The number of anilines is 2. The monoisotopic (exact) mass is 422 g/mol. The van der Waals surface area contributed by atoms with Crippen molar-refractivity contribution >= 4 is 29.2 Å². The summed E-state index contributed by atoms with van der Waals surface area (Å²) >= 11 is 0. The van der Waals surface area contributed by atoms with Gasteiger partial charge >= 0.3 is 5.97 Å². The van der Waals surface area contributed by atoms with Gasteiger partial charge in [-0.15, -0.1) is 0 Å². The van der Waals surface area contributed by atoms with Gasteiger partial charge in [0.1, 0.15) is 0 Å². The Hall–Kier alpha value is -3.15. The lowest BCUT2D eigenvalue weighted by molar-refractivity contribution is -0.123. The van der Waals surface area contributed by atoms with E-state index in [1.807, 2.05) is 18.2 Å². The first kappa shape index (κ1) is 22.5. The van der Waals surface area contributed by atoms with Gasteiger partial charge in [-0.05, 0) is 59.1 Å². The minimum absolute atomic E-state index is 0.0212. The van der Waals surface area contributed by atoms with E-state index in [0.717, 1.165) is 18.4 Å². The summed E-state index contributed by atoms with van der Waals surface area (Å²) in [4.78, 5) is 37.8. The van der Waals surface area contributed by atoms with E-state index in [1.165, 1.54) is 23.5 Å². The molecule has 0 aromatic heterocycles. The van der Waals surface area contributed by atoms with Gasteiger partial charge in [-0.1, -0.05) is 45.9 Å². The van der Waals surface area contributed by atoms with Crippen molar-refractivity contribution < 1.29 is 19.5 Å². The fraction of sp³-hybridized carbons (Fsp3) is 0.400. The predicted octanol–water partition coefficient (Wildman–Crippen LogP) is 4.53. The first-order chi connectivity index (χ1) is 14.4. The molecule has 6 heteroatoms. The molecule has 1 aliphatic rings. The normalized spacial score (nSPS) is 16.2. The smallest absolute Gasteiger partial charge is 0.337 e. The predicted molar refractivity (Wildman–Crippen MR) is 121 cm³/mol. The zero-order valence-corrected chi connectivity index (χ0v) is 18.8. The molecule has 2 N–H and O–H groups in total. The summed E-state index contributed by atoms with van der Waals surface area (Å²) < 4.78 is 0. The van der Waals surface area contributed by atoms with E-state index in [0.29, 0.717) is 5.69 Å². The molecule has 0 aliphatic heterocycles. The molecule has 0 saturated carbocycles. The van der Waals surface area contributed by atoms with Crippen molar-refractivity contribution in [2.24, 2.45) is 0 Å². The molecule has 2 amide bonds. The third-order valence-corrected chi connectivity index (χ3v) is 6.21. The molecule has 0 radical (unpaired) electrons. The molecule has 3 rings (SSSR count). The standard InChI is InChI=1S/C25H30N2O4/c1-16(28)26-15-22(29)27(21-9-7-6-8-18(21)23(30)31)17-10-11-19-20(14-17)25(4,5)13-12-24(19,2)3/h6-11,14H,12-13,15H2,1-5H3,(H,26,28)(H,30,31). The number of amides is 2. The summed E-state index contributed by atoms with van der Waals surface area (Å²) in [6.07, 6.45) is 2.08. The van der Waals surface area contributed by atoms with Gasteiger partial charge in [-0.25, -0.2) is 4.79 Å². The van der Waals surface area contributed by atoms with Gasteiger partial charge in [0.05, 0.1) is 17.8 Å². The van der Waals surface area contributed by atoms with Gasteiger partial charge in [0.15, 0.2) is 0 Å². The third-order valence-electron chi connectivity index (χ3n) is 6.21. The van der Waals surface area contributed by atoms with Gasteiger partial charge < -0.3 is 10.4 Å². The number of nitrogens with zero attached hydrogens (tertiary/aromatic N) is 1. The lowest BCUT2D eigenvalue weighted by Gasteiger charge is -2.42. The van der Waals surface area contributed by atoms with Crippen molar-refractivity contribution in [3.63, 3.8) is 0 Å². The largest absolute Gasteiger partial charge is 0.478 e. The molecule has 0 unspecified atom stereocenters. The molecule has 164 valence electrons. The number of nitrogens with one attached hydrogen (secondary N) is 1. The third kappa shape index (κ3) is 4.48. The lowest BCUT2D eigenvalue weighted by Crippen LogP contribution is -2.38. The first-order valence-corrected chi connectivity index (χ1v) is 10.5. The van der Waals surface area contributed by atoms with Crippen LogP contribution in [0.5, 0.6) is 0 Å². The first-order valence-electron chi connectivity index (χ1n) is 10.5. The van der Waals surface area contributed by atoms with E-state index in [2.05, 4.69) is 33.0 Å². The van der Waals surface area contributed by atoms with Crippen molar-refractivity contribution in [3.8, 4) is 0 Å². The average molecular weight is 423 g/mol. The molecule has 2 aromatic rings. The van der Waals surface area contributed by atoms with Crippen LogP contribution < -0.4 is 10.2 Å². The highest BCUT2D eigenvalue weighted by Crippen LogP contribution is 2.47. The summed E-state index contributed by atoms with van der Waals surface area (Å²) in [7, 11) is 0. The Kier molecular flexibility index (Phi) is 5.94.